The molecule has 0 bridgehead atoms. The van der Waals surface area contributed by atoms with Crippen LogP contribution in [-0.2, 0) is 4.74 Å². The van der Waals surface area contributed by atoms with Gasteiger partial charge >= 0.3 is 0 Å². The van der Waals surface area contributed by atoms with Gasteiger partial charge in [0.2, 0.25) is 0 Å². The van der Waals surface area contributed by atoms with Crippen molar-refractivity contribution in [3.8, 4) is 0 Å². The Morgan fingerprint density at radius 3 is 3.06 bits per heavy atom. The van der Waals surface area contributed by atoms with Gasteiger partial charge in [0.25, 0.3) is 0 Å². The molecular weight excluding hydrogens is 230 g/mol. The fourth-order valence-electron chi connectivity index (χ4n) is 2.34. The predicted octanol–water partition coefficient (Wildman–Crippen LogP) is 0.526. The van der Waals surface area contributed by atoms with E-state index < -0.39 is 0 Å². The Morgan fingerprint density at radius 2 is 2.44 bits per heavy atom. The maximum absolute atomic E-state index is 5.80. The zero-order chi connectivity index (χ0) is 13.0. The van der Waals surface area contributed by atoms with Crippen molar-refractivity contribution >= 4 is 5.96 Å². The number of rotatable bonds is 5. The number of nitrogens with one attached hydrogen (secondary N) is 1. The van der Waals surface area contributed by atoms with Crippen molar-refractivity contribution in [1.82, 2.24) is 15.1 Å². The third-order valence-electron chi connectivity index (χ3n) is 3.15. The first-order chi connectivity index (χ1) is 8.76. The molecule has 0 amide bonds. The summed E-state index contributed by atoms with van der Waals surface area (Å²) < 4.78 is 7.64. The number of hydrogen-bond donors (Lipinski definition) is 2. The second kappa shape index (κ2) is 5.86. The van der Waals surface area contributed by atoms with Crippen molar-refractivity contribution in [3.63, 3.8) is 0 Å². The summed E-state index contributed by atoms with van der Waals surface area (Å²) in [7, 11) is 0. The molecule has 0 saturated heterocycles. The highest BCUT2D eigenvalue weighted by Gasteiger charge is 2.43. The van der Waals surface area contributed by atoms with Crippen LogP contribution in [0.2, 0.25) is 0 Å². The average molecular weight is 251 g/mol. The van der Waals surface area contributed by atoms with E-state index in [4.69, 9.17) is 10.5 Å². The summed E-state index contributed by atoms with van der Waals surface area (Å²) in [4.78, 5) is 4.15. The van der Waals surface area contributed by atoms with Crippen LogP contribution in [0.1, 0.15) is 26.3 Å². The van der Waals surface area contributed by atoms with Gasteiger partial charge in [0.1, 0.15) is 0 Å². The summed E-state index contributed by atoms with van der Waals surface area (Å²) in [6, 6.07) is 2.34. The predicted molar refractivity (Wildman–Crippen MR) is 70.4 cm³/mol. The molecule has 3 N–H and O–H groups in total. The topological polar surface area (TPSA) is 77.5 Å². The summed E-state index contributed by atoms with van der Waals surface area (Å²) in [5, 5.41) is 7.52. The van der Waals surface area contributed by atoms with E-state index in [9.17, 15) is 0 Å². The standard InChI is InChI=1S/C12H21N5O/c1-3-14-12(13)16-9-8-10(18-4-2)11(9)17-7-5-6-15-17/h5-7,9-11H,3-4,8H2,1-2H3,(H3,13,14,16). The molecule has 1 heterocycles. The first-order valence-electron chi connectivity index (χ1n) is 6.43. The number of ether oxygens (including phenoxy) is 1. The highest BCUT2D eigenvalue weighted by molar-refractivity contribution is 5.78. The Morgan fingerprint density at radius 1 is 1.61 bits per heavy atom. The van der Waals surface area contributed by atoms with Gasteiger partial charge in [0.05, 0.1) is 18.2 Å². The van der Waals surface area contributed by atoms with Gasteiger partial charge in [-0.25, -0.2) is 0 Å². The van der Waals surface area contributed by atoms with Crippen molar-refractivity contribution in [3.05, 3.63) is 18.5 Å². The summed E-state index contributed by atoms with van der Waals surface area (Å²) in [6.45, 7) is 5.37. The van der Waals surface area contributed by atoms with E-state index in [0.717, 1.165) is 6.42 Å². The maximum Gasteiger partial charge on any atom is 0.188 e. The lowest BCUT2D eigenvalue weighted by Crippen LogP contribution is -2.58. The SMILES string of the molecule is CCN=C(N)NC1CC(OCC)C1n1cccn1. The van der Waals surface area contributed by atoms with Crippen LogP contribution < -0.4 is 11.1 Å². The van der Waals surface area contributed by atoms with Gasteiger partial charge in [0, 0.05) is 25.5 Å². The molecule has 100 valence electrons. The van der Waals surface area contributed by atoms with Crippen LogP contribution in [0.5, 0.6) is 0 Å². The number of aliphatic imine (C=N–C) groups is 1. The first kappa shape index (κ1) is 12.9. The van der Waals surface area contributed by atoms with Gasteiger partial charge in [0.15, 0.2) is 5.96 Å². The molecule has 1 fully saturated rings. The maximum atomic E-state index is 5.80. The number of hydrogen-bond acceptors (Lipinski definition) is 3. The fraction of sp³-hybridized carbons (Fsp3) is 0.667. The molecule has 6 nitrogen and oxygen atoms in total. The Hall–Kier alpha value is -1.56. The van der Waals surface area contributed by atoms with Crippen molar-refractivity contribution in [2.75, 3.05) is 13.2 Å². The molecular formula is C12H21N5O. The Bertz CT molecular complexity index is 389. The lowest BCUT2D eigenvalue weighted by Gasteiger charge is -2.44. The molecule has 2 rings (SSSR count). The van der Waals surface area contributed by atoms with Crippen molar-refractivity contribution in [2.45, 2.75) is 38.5 Å². The number of nitrogens with zero attached hydrogens (tertiary/aromatic N) is 3. The van der Waals surface area contributed by atoms with Crippen molar-refractivity contribution in [2.24, 2.45) is 10.7 Å². The second-order valence-corrected chi connectivity index (χ2v) is 4.32. The molecule has 3 unspecified atom stereocenters. The van der Waals surface area contributed by atoms with Crippen LogP contribution >= 0.6 is 0 Å². The summed E-state index contributed by atoms with van der Waals surface area (Å²) in [6.07, 6.45) is 4.86. The van der Waals surface area contributed by atoms with Crippen LogP contribution in [0.15, 0.2) is 23.5 Å². The molecule has 18 heavy (non-hydrogen) atoms. The average Bonchev–Trinajstić information content (AvgIpc) is 2.81. The van der Waals surface area contributed by atoms with Crippen molar-refractivity contribution in [1.29, 1.82) is 0 Å². The zero-order valence-electron chi connectivity index (χ0n) is 10.9. The van der Waals surface area contributed by atoms with E-state index in [-0.39, 0.29) is 18.2 Å². The molecule has 1 aromatic rings. The molecule has 1 aromatic heterocycles. The van der Waals surface area contributed by atoms with Gasteiger partial charge < -0.3 is 15.8 Å². The largest absolute Gasteiger partial charge is 0.376 e. The summed E-state index contributed by atoms with van der Waals surface area (Å²) in [5.41, 5.74) is 5.80. The van der Waals surface area contributed by atoms with Gasteiger partial charge in [-0.05, 0) is 26.3 Å². The van der Waals surface area contributed by atoms with Crippen LogP contribution in [0.25, 0.3) is 0 Å². The molecule has 1 aliphatic rings. The third-order valence-corrected chi connectivity index (χ3v) is 3.15. The van der Waals surface area contributed by atoms with E-state index in [0.29, 0.717) is 19.1 Å². The highest BCUT2D eigenvalue weighted by atomic mass is 16.5. The smallest absolute Gasteiger partial charge is 0.188 e. The Balaban J connectivity index is 2.02. The number of nitrogens with two attached hydrogens (primary N) is 1. The van der Waals surface area contributed by atoms with Gasteiger partial charge in [-0.3, -0.25) is 9.67 Å². The minimum atomic E-state index is 0.186. The molecule has 0 spiro atoms. The quantitative estimate of drug-likeness (QED) is 0.591. The lowest BCUT2D eigenvalue weighted by atomic mass is 9.83. The summed E-state index contributed by atoms with van der Waals surface area (Å²) >= 11 is 0. The number of aromatic nitrogens is 2. The molecule has 1 aliphatic carbocycles. The van der Waals surface area contributed by atoms with E-state index in [1.807, 2.05) is 30.8 Å². The second-order valence-electron chi connectivity index (χ2n) is 4.32. The Labute approximate surface area is 107 Å². The van der Waals surface area contributed by atoms with Crippen molar-refractivity contribution < 1.29 is 4.74 Å². The monoisotopic (exact) mass is 251 g/mol. The third kappa shape index (κ3) is 2.64. The Kier molecular flexibility index (Phi) is 4.19. The van der Waals surface area contributed by atoms with E-state index in [1.54, 1.807) is 6.20 Å². The minimum Gasteiger partial charge on any atom is -0.376 e. The van der Waals surface area contributed by atoms with E-state index in [1.165, 1.54) is 0 Å². The molecule has 0 radical (unpaired) electrons. The summed E-state index contributed by atoms with van der Waals surface area (Å²) in [5.74, 6) is 0.495. The fourth-order valence-corrected chi connectivity index (χ4v) is 2.34. The van der Waals surface area contributed by atoms with Gasteiger partial charge in [-0.1, -0.05) is 0 Å². The molecule has 0 aromatic carbocycles. The lowest BCUT2D eigenvalue weighted by molar-refractivity contribution is -0.0561. The van der Waals surface area contributed by atoms with Gasteiger partial charge in [-0.2, -0.15) is 5.10 Å². The van der Waals surface area contributed by atoms with E-state index >= 15 is 0 Å². The zero-order valence-corrected chi connectivity index (χ0v) is 10.9. The molecule has 3 atom stereocenters. The van der Waals surface area contributed by atoms with Gasteiger partial charge in [-0.15, -0.1) is 0 Å². The normalized spacial score (nSPS) is 27.9. The molecule has 0 aliphatic heterocycles. The molecule has 1 saturated carbocycles. The molecule has 6 heteroatoms. The minimum absolute atomic E-state index is 0.186. The number of guanidine groups is 1. The van der Waals surface area contributed by atoms with E-state index in [2.05, 4.69) is 15.4 Å². The van der Waals surface area contributed by atoms with Crippen LogP contribution in [-0.4, -0.2) is 41.0 Å². The first-order valence-corrected chi connectivity index (χ1v) is 6.43. The van der Waals surface area contributed by atoms with Crippen LogP contribution in [0, 0.1) is 0 Å². The van der Waals surface area contributed by atoms with Crippen LogP contribution in [0.3, 0.4) is 0 Å². The highest BCUT2D eigenvalue weighted by Crippen LogP contribution is 2.34. The van der Waals surface area contributed by atoms with Crippen LogP contribution in [0.4, 0.5) is 0 Å².